The molecule has 44 heavy (non-hydrogen) atoms. The van der Waals surface area contributed by atoms with Crippen LogP contribution in [0.1, 0.15) is 80.2 Å². The van der Waals surface area contributed by atoms with E-state index in [1.54, 1.807) is 85.7 Å². The molecule has 246 valence electrons. The minimum atomic E-state index is -1.52. The highest BCUT2D eigenvalue weighted by Gasteiger charge is 2.33. The van der Waals surface area contributed by atoms with E-state index in [1.165, 1.54) is 0 Å². The number of hydrogen-bond acceptors (Lipinski definition) is 10. The third-order valence-electron chi connectivity index (χ3n) is 5.69. The standard InChI is InChI=1S/C30H47N5O9/c1-18(2)24(27(40)35-31)34-25(38)20(14-15-22(36)43-29(3,4)5)32-26(39)21(16-23(37)44-30(6,7)8)33-28(41)42-17-19-12-10-9-11-13-19/h9-13,18,20-21,24H,14-17,31H2,1-8H3,(H,32,39)(H,33,41)(H,34,38)(H,35,40)/t20-,21-,24-/m0/s1. The summed E-state index contributed by atoms with van der Waals surface area (Å²) in [4.78, 5) is 76.7. The van der Waals surface area contributed by atoms with E-state index in [0.29, 0.717) is 5.56 Å². The van der Waals surface area contributed by atoms with Crippen molar-refractivity contribution in [2.45, 2.75) is 111 Å². The summed E-state index contributed by atoms with van der Waals surface area (Å²) in [6.07, 6.45) is -2.08. The lowest BCUT2D eigenvalue weighted by Crippen LogP contribution is -2.58. The van der Waals surface area contributed by atoms with Gasteiger partial charge < -0.3 is 30.2 Å². The molecule has 14 nitrogen and oxygen atoms in total. The molecule has 14 heteroatoms. The molecule has 0 aromatic heterocycles. The maximum absolute atomic E-state index is 13.5. The molecule has 0 aliphatic carbocycles. The molecule has 0 heterocycles. The first-order valence-electron chi connectivity index (χ1n) is 14.3. The number of nitrogens with one attached hydrogen (secondary N) is 4. The smallest absolute Gasteiger partial charge is 0.408 e. The monoisotopic (exact) mass is 621 g/mol. The number of ether oxygens (including phenoxy) is 3. The second kappa shape index (κ2) is 17.2. The summed E-state index contributed by atoms with van der Waals surface area (Å²) in [5, 5.41) is 7.37. The van der Waals surface area contributed by atoms with E-state index in [-0.39, 0.29) is 25.4 Å². The summed E-state index contributed by atoms with van der Waals surface area (Å²) < 4.78 is 15.8. The number of rotatable bonds is 14. The van der Waals surface area contributed by atoms with Gasteiger partial charge in [-0.3, -0.25) is 29.4 Å². The van der Waals surface area contributed by atoms with Crippen molar-refractivity contribution in [3.8, 4) is 0 Å². The molecule has 0 aliphatic heterocycles. The van der Waals surface area contributed by atoms with Crippen molar-refractivity contribution in [1.29, 1.82) is 0 Å². The Bertz CT molecular complexity index is 1140. The van der Waals surface area contributed by atoms with Gasteiger partial charge >= 0.3 is 18.0 Å². The van der Waals surface area contributed by atoms with Crippen molar-refractivity contribution in [2.75, 3.05) is 0 Å². The van der Waals surface area contributed by atoms with Crippen LogP contribution in [0, 0.1) is 5.92 Å². The van der Waals surface area contributed by atoms with E-state index in [2.05, 4.69) is 16.0 Å². The number of carbonyl (C=O) groups excluding carboxylic acids is 6. The summed E-state index contributed by atoms with van der Waals surface area (Å²) >= 11 is 0. The molecule has 0 fully saturated rings. The van der Waals surface area contributed by atoms with E-state index in [9.17, 15) is 28.8 Å². The summed E-state index contributed by atoms with van der Waals surface area (Å²) in [6, 6.07) is 4.85. The number of benzene rings is 1. The molecule has 1 rings (SSSR count). The Kier molecular flexibility index (Phi) is 14.8. The zero-order valence-corrected chi connectivity index (χ0v) is 26.8. The minimum Gasteiger partial charge on any atom is -0.460 e. The van der Waals surface area contributed by atoms with Gasteiger partial charge in [-0.15, -0.1) is 0 Å². The van der Waals surface area contributed by atoms with Crippen LogP contribution in [0.15, 0.2) is 30.3 Å². The first kappa shape index (κ1) is 37.8. The van der Waals surface area contributed by atoms with Crippen LogP contribution in [0.3, 0.4) is 0 Å². The summed E-state index contributed by atoms with van der Waals surface area (Å²) in [5.74, 6) is 1.05. The summed E-state index contributed by atoms with van der Waals surface area (Å²) in [7, 11) is 0. The van der Waals surface area contributed by atoms with Gasteiger partial charge in [0.1, 0.15) is 35.9 Å². The number of hydrogen-bond donors (Lipinski definition) is 5. The molecule has 0 saturated heterocycles. The van der Waals surface area contributed by atoms with Gasteiger partial charge in [0.15, 0.2) is 0 Å². The number of alkyl carbamates (subject to hydrolysis) is 1. The van der Waals surface area contributed by atoms with E-state index in [4.69, 9.17) is 20.1 Å². The molecule has 0 saturated carbocycles. The van der Waals surface area contributed by atoms with Crippen molar-refractivity contribution in [1.82, 2.24) is 21.4 Å². The Morgan fingerprint density at radius 3 is 1.82 bits per heavy atom. The van der Waals surface area contributed by atoms with Crippen molar-refractivity contribution >= 4 is 35.8 Å². The lowest BCUT2D eigenvalue weighted by molar-refractivity contribution is -0.156. The van der Waals surface area contributed by atoms with Crippen LogP contribution in [0.4, 0.5) is 4.79 Å². The lowest BCUT2D eigenvalue weighted by atomic mass is 10.0. The zero-order valence-electron chi connectivity index (χ0n) is 26.8. The van der Waals surface area contributed by atoms with Crippen LogP contribution in [0.5, 0.6) is 0 Å². The highest BCUT2D eigenvalue weighted by Crippen LogP contribution is 2.13. The van der Waals surface area contributed by atoms with E-state index in [0.717, 1.165) is 0 Å². The molecule has 6 N–H and O–H groups in total. The SMILES string of the molecule is CC(C)[C@H](NC(=O)[C@H](CCC(=O)OC(C)(C)C)NC(=O)[C@H](CC(=O)OC(C)(C)C)NC(=O)OCc1ccccc1)C(=O)NN. The fourth-order valence-electron chi connectivity index (χ4n) is 3.74. The normalized spacial score (nSPS) is 13.5. The van der Waals surface area contributed by atoms with Crippen LogP contribution in [-0.2, 0) is 44.8 Å². The van der Waals surface area contributed by atoms with Crippen LogP contribution >= 0.6 is 0 Å². The summed E-state index contributed by atoms with van der Waals surface area (Å²) in [6.45, 7) is 13.2. The number of hydrazine groups is 1. The van der Waals surface area contributed by atoms with Crippen molar-refractivity contribution in [2.24, 2.45) is 11.8 Å². The third kappa shape index (κ3) is 15.3. The van der Waals surface area contributed by atoms with Gasteiger partial charge in [-0.2, -0.15) is 0 Å². The fourth-order valence-corrected chi connectivity index (χ4v) is 3.74. The first-order chi connectivity index (χ1) is 20.3. The van der Waals surface area contributed by atoms with Gasteiger partial charge in [-0.25, -0.2) is 10.6 Å². The Morgan fingerprint density at radius 1 is 0.750 bits per heavy atom. The Hall–Kier alpha value is -4.20. The lowest BCUT2D eigenvalue weighted by Gasteiger charge is -2.27. The van der Waals surface area contributed by atoms with Gasteiger partial charge in [0.05, 0.1) is 6.42 Å². The molecule has 0 spiro atoms. The number of nitrogens with two attached hydrogens (primary N) is 1. The number of carbonyl (C=O) groups is 6. The van der Waals surface area contributed by atoms with Crippen LogP contribution in [0.2, 0.25) is 0 Å². The molecule has 4 amide bonds. The molecule has 3 atom stereocenters. The second-order valence-corrected chi connectivity index (χ2v) is 12.5. The average Bonchev–Trinajstić information content (AvgIpc) is 2.90. The van der Waals surface area contributed by atoms with Gasteiger partial charge in [0.25, 0.3) is 5.91 Å². The van der Waals surface area contributed by atoms with Crippen LogP contribution in [-0.4, -0.2) is 65.1 Å². The largest absolute Gasteiger partial charge is 0.460 e. The minimum absolute atomic E-state index is 0.103. The zero-order chi connectivity index (χ0) is 33.7. The predicted octanol–water partition coefficient (Wildman–Crippen LogP) is 1.75. The second-order valence-electron chi connectivity index (χ2n) is 12.5. The van der Waals surface area contributed by atoms with Gasteiger partial charge in [-0.1, -0.05) is 44.2 Å². The van der Waals surface area contributed by atoms with Crippen molar-refractivity contribution in [3.05, 3.63) is 35.9 Å². The molecule has 1 aromatic carbocycles. The Morgan fingerprint density at radius 2 is 1.30 bits per heavy atom. The molecule has 0 bridgehead atoms. The maximum Gasteiger partial charge on any atom is 0.408 e. The van der Waals surface area contributed by atoms with Crippen molar-refractivity contribution < 1.29 is 43.0 Å². The van der Waals surface area contributed by atoms with E-state index in [1.807, 2.05) is 5.43 Å². The van der Waals surface area contributed by atoms with Crippen LogP contribution < -0.4 is 27.2 Å². The molecule has 0 unspecified atom stereocenters. The predicted molar refractivity (Wildman–Crippen MR) is 160 cm³/mol. The Balaban J connectivity index is 3.20. The van der Waals surface area contributed by atoms with Crippen LogP contribution in [0.25, 0.3) is 0 Å². The van der Waals surface area contributed by atoms with Gasteiger partial charge in [0, 0.05) is 6.42 Å². The average molecular weight is 622 g/mol. The highest BCUT2D eigenvalue weighted by molar-refractivity contribution is 5.95. The highest BCUT2D eigenvalue weighted by atomic mass is 16.6. The Labute approximate surface area is 258 Å². The summed E-state index contributed by atoms with van der Waals surface area (Å²) in [5.41, 5.74) is 1.01. The number of esters is 2. The fraction of sp³-hybridized carbons (Fsp3) is 0.600. The third-order valence-corrected chi connectivity index (χ3v) is 5.69. The van der Waals surface area contributed by atoms with E-state index < -0.39 is 71.5 Å². The van der Waals surface area contributed by atoms with Crippen molar-refractivity contribution in [3.63, 3.8) is 0 Å². The molecule has 0 radical (unpaired) electrons. The molecular weight excluding hydrogens is 574 g/mol. The van der Waals surface area contributed by atoms with Gasteiger partial charge in [0.2, 0.25) is 11.8 Å². The quantitative estimate of drug-likeness (QED) is 0.0669. The number of amides is 4. The molecule has 0 aliphatic rings. The molecule has 1 aromatic rings. The topological polar surface area (TPSA) is 204 Å². The first-order valence-corrected chi connectivity index (χ1v) is 14.3. The maximum atomic E-state index is 13.5. The molecular formula is C30H47N5O9. The van der Waals surface area contributed by atoms with Gasteiger partial charge in [-0.05, 0) is 59.4 Å². The van der Waals surface area contributed by atoms with E-state index >= 15 is 0 Å².